The number of nitrogens with one attached hydrogen (secondary N) is 1. The van der Waals surface area contributed by atoms with Crippen LogP contribution in [0.3, 0.4) is 0 Å². The highest BCUT2D eigenvalue weighted by Crippen LogP contribution is 2.31. The van der Waals surface area contributed by atoms with Gasteiger partial charge >= 0.3 is 0 Å². The van der Waals surface area contributed by atoms with Gasteiger partial charge in [0.15, 0.2) is 9.84 Å². The van der Waals surface area contributed by atoms with E-state index < -0.39 is 33.6 Å². The standard InChI is InChI=1S/C15H13N3O5S/c1-24(22,23)10-4-8(6-16)13-9(5-10)7-18(15(13)21)11-2-3-12(19)17-14(11)20/h4-5,11H,2-3,7H2,1H3,(H,17,19,20). The zero-order valence-corrected chi connectivity index (χ0v) is 13.5. The van der Waals surface area contributed by atoms with Crippen molar-refractivity contribution in [3.8, 4) is 6.07 Å². The van der Waals surface area contributed by atoms with Gasteiger partial charge in [0.1, 0.15) is 12.1 Å². The molecule has 1 fully saturated rings. The fourth-order valence-electron chi connectivity index (χ4n) is 2.98. The van der Waals surface area contributed by atoms with Gasteiger partial charge < -0.3 is 4.90 Å². The largest absolute Gasteiger partial charge is 0.322 e. The third-order valence-corrected chi connectivity index (χ3v) is 5.24. The summed E-state index contributed by atoms with van der Waals surface area (Å²) in [5, 5.41) is 11.4. The van der Waals surface area contributed by atoms with Gasteiger partial charge in [-0.1, -0.05) is 0 Å². The lowest BCUT2D eigenvalue weighted by molar-refractivity contribution is -0.136. The minimum atomic E-state index is -3.54. The molecule has 1 unspecified atom stereocenters. The van der Waals surface area contributed by atoms with E-state index in [4.69, 9.17) is 0 Å². The van der Waals surface area contributed by atoms with Crippen LogP contribution < -0.4 is 5.32 Å². The summed E-state index contributed by atoms with van der Waals surface area (Å²) in [5.74, 6) is -1.46. The van der Waals surface area contributed by atoms with Crippen LogP contribution in [0.1, 0.15) is 34.3 Å². The van der Waals surface area contributed by atoms with Crippen LogP contribution in [0.15, 0.2) is 17.0 Å². The van der Waals surface area contributed by atoms with Gasteiger partial charge in [0.05, 0.1) is 16.0 Å². The first kappa shape index (κ1) is 16.1. The number of nitrogens with zero attached hydrogens (tertiary/aromatic N) is 2. The highest BCUT2D eigenvalue weighted by atomic mass is 32.2. The van der Waals surface area contributed by atoms with Gasteiger partial charge in [-0.25, -0.2) is 8.42 Å². The molecule has 0 saturated carbocycles. The first-order valence-corrected chi connectivity index (χ1v) is 9.03. The van der Waals surface area contributed by atoms with Gasteiger partial charge in [0.25, 0.3) is 5.91 Å². The molecule has 24 heavy (non-hydrogen) atoms. The van der Waals surface area contributed by atoms with E-state index in [0.29, 0.717) is 5.56 Å². The second-order valence-corrected chi connectivity index (χ2v) is 7.80. The molecule has 2 aliphatic rings. The second kappa shape index (κ2) is 5.42. The zero-order chi connectivity index (χ0) is 17.6. The lowest BCUT2D eigenvalue weighted by Gasteiger charge is -2.29. The predicted octanol–water partition coefficient (Wildman–Crippen LogP) is -0.277. The average Bonchev–Trinajstić information content (AvgIpc) is 2.82. The van der Waals surface area contributed by atoms with Crippen LogP contribution in [-0.4, -0.2) is 43.3 Å². The van der Waals surface area contributed by atoms with Gasteiger partial charge in [-0.05, 0) is 24.1 Å². The number of amides is 3. The molecule has 2 aliphatic heterocycles. The Morgan fingerprint density at radius 3 is 2.58 bits per heavy atom. The van der Waals surface area contributed by atoms with E-state index in [-0.39, 0.29) is 35.4 Å². The van der Waals surface area contributed by atoms with Crippen LogP contribution in [-0.2, 0) is 26.0 Å². The maximum atomic E-state index is 12.6. The van der Waals surface area contributed by atoms with E-state index >= 15 is 0 Å². The van der Waals surface area contributed by atoms with Crippen molar-refractivity contribution < 1.29 is 22.8 Å². The van der Waals surface area contributed by atoms with Gasteiger partial charge in [0.2, 0.25) is 11.8 Å². The summed E-state index contributed by atoms with van der Waals surface area (Å²) in [6.07, 6.45) is 1.34. The van der Waals surface area contributed by atoms with Crippen LogP contribution >= 0.6 is 0 Å². The Hall–Kier alpha value is -2.73. The van der Waals surface area contributed by atoms with Gasteiger partial charge in [-0.3, -0.25) is 19.7 Å². The molecule has 0 aliphatic carbocycles. The average molecular weight is 347 g/mol. The Morgan fingerprint density at radius 1 is 1.29 bits per heavy atom. The number of benzene rings is 1. The third-order valence-electron chi connectivity index (χ3n) is 4.14. The Bertz CT molecular complexity index is 929. The summed E-state index contributed by atoms with van der Waals surface area (Å²) in [6, 6.07) is 3.56. The van der Waals surface area contributed by atoms with Crippen molar-refractivity contribution in [2.45, 2.75) is 30.3 Å². The molecule has 1 aromatic carbocycles. The first-order valence-electron chi connectivity index (χ1n) is 7.14. The normalized spacial score (nSPS) is 20.6. The summed E-state index contributed by atoms with van der Waals surface area (Å²) in [4.78, 5) is 37.1. The summed E-state index contributed by atoms with van der Waals surface area (Å²) in [6.45, 7) is 0.0263. The number of hydrogen-bond acceptors (Lipinski definition) is 6. The second-order valence-electron chi connectivity index (χ2n) is 5.79. The van der Waals surface area contributed by atoms with Crippen molar-refractivity contribution in [1.82, 2.24) is 10.2 Å². The Morgan fingerprint density at radius 2 is 2.00 bits per heavy atom. The van der Waals surface area contributed by atoms with E-state index in [1.54, 1.807) is 0 Å². The van der Waals surface area contributed by atoms with Crippen molar-refractivity contribution in [1.29, 1.82) is 5.26 Å². The molecule has 3 rings (SSSR count). The molecule has 2 heterocycles. The van der Waals surface area contributed by atoms with E-state index in [1.165, 1.54) is 17.0 Å². The van der Waals surface area contributed by atoms with Crippen LogP contribution in [0.2, 0.25) is 0 Å². The minimum absolute atomic E-state index is 0.0263. The molecule has 1 aromatic rings. The predicted molar refractivity (Wildman–Crippen MR) is 80.3 cm³/mol. The summed E-state index contributed by atoms with van der Waals surface area (Å²) < 4.78 is 23.5. The molecule has 0 radical (unpaired) electrons. The Balaban J connectivity index is 2.03. The molecule has 8 nitrogen and oxygen atoms in total. The maximum absolute atomic E-state index is 12.6. The number of carbonyl (C=O) groups excluding carboxylic acids is 3. The van der Waals surface area contributed by atoms with Crippen molar-refractivity contribution in [3.63, 3.8) is 0 Å². The summed E-state index contributed by atoms with van der Waals surface area (Å²) in [7, 11) is -3.54. The number of hydrogen-bond donors (Lipinski definition) is 1. The number of sulfone groups is 1. The van der Waals surface area contributed by atoms with Crippen molar-refractivity contribution in [2.75, 3.05) is 6.26 Å². The van der Waals surface area contributed by atoms with Gasteiger partial charge in [0, 0.05) is 19.2 Å². The summed E-state index contributed by atoms with van der Waals surface area (Å²) in [5.41, 5.74) is 0.478. The van der Waals surface area contributed by atoms with E-state index in [0.717, 1.165) is 6.26 Å². The molecule has 0 bridgehead atoms. The molecular weight excluding hydrogens is 334 g/mol. The number of piperidine rings is 1. The van der Waals surface area contributed by atoms with Gasteiger partial charge in [-0.15, -0.1) is 0 Å². The number of fused-ring (bicyclic) bond motifs is 1. The molecule has 1 atom stereocenters. The quantitative estimate of drug-likeness (QED) is 0.734. The van der Waals surface area contributed by atoms with Crippen LogP contribution in [0.4, 0.5) is 0 Å². The fourth-order valence-corrected chi connectivity index (χ4v) is 3.67. The van der Waals surface area contributed by atoms with Crippen LogP contribution in [0, 0.1) is 11.3 Å². The molecular formula is C15H13N3O5S. The maximum Gasteiger partial charge on any atom is 0.256 e. The molecule has 3 amide bonds. The molecule has 1 saturated heterocycles. The molecule has 124 valence electrons. The minimum Gasteiger partial charge on any atom is -0.322 e. The van der Waals surface area contributed by atoms with Crippen molar-refractivity contribution in [3.05, 3.63) is 28.8 Å². The zero-order valence-electron chi connectivity index (χ0n) is 12.7. The Labute approximate surface area is 138 Å². The molecule has 0 spiro atoms. The number of rotatable bonds is 2. The van der Waals surface area contributed by atoms with Crippen LogP contribution in [0.5, 0.6) is 0 Å². The number of imide groups is 1. The van der Waals surface area contributed by atoms with Gasteiger partial charge in [-0.2, -0.15) is 5.26 Å². The lowest BCUT2D eigenvalue weighted by atomic mass is 10.0. The number of carbonyl (C=O) groups is 3. The van der Waals surface area contributed by atoms with E-state index in [9.17, 15) is 28.1 Å². The third kappa shape index (κ3) is 2.55. The smallest absolute Gasteiger partial charge is 0.256 e. The first-order chi connectivity index (χ1) is 11.2. The van der Waals surface area contributed by atoms with Crippen molar-refractivity contribution >= 4 is 27.6 Å². The van der Waals surface area contributed by atoms with Crippen LogP contribution in [0.25, 0.3) is 0 Å². The van der Waals surface area contributed by atoms with Crippen molar-refractivity contribution in [2.24, 2.45) is 0 Å². The topological polar surface area (TPSA) is 124 Å². The Kier molecular flexibility index (Phi) is 3.64. The monoisotopic (exact) mass is 347 g/mol. The molecule has 9 heteroatoms. The lowest BCUT2D eigenvalue weighted by Crippen LogP contribution is -2.52. The highest BCUT2D eigenvalue weighted by molar-refractivity contribution is 7.90. The summed E-state index contributed by atoms with van der Waals surface area (Å²) >= 11 is 0. The number of nitriles is 1. The van der Waals surface area contributed by atoms with E-state index in [2.05, 4.69) is 5.32 Å². The highest BCUT2D eigenvalue weighted by Gasteiger charge is 2.40. The SMILES string of the molecule is CS(=O)(=O)c1cc(C#N)c2c(c1)CN(C1CCC(=O)NC1=O)C2=O. The molecule has 0 aromatic heterocycles. The molecule has 1 N–H and O–H groups in total. The fraction of sp³-hybridized carbons (Fsp3) is 0.333. The van der Waals surface area contributed by atoms with E-state index in [1.807, 2.05) is 6.07 Å².